The number of hydrogen-bond donors (Lipinski definition) is 1. The minimum atomic E-state index is 0.316. The van der Waals surface area contributed by atoms with Gasteiger partial charge in [0, 0.05) is 0 Å². The SMILES string of the molecule is Cc1ccnc(NCB=O)c1. The van der Waals surface area contributed by atoms with E-state index in [1.165, 1.54) is 0 Å². The maximum atomic E-state index is 9.97. The fraction of sp³-hybridized carbons (Fsp3) is 0.286. The molecule has 0 spiro atoms. The summed E-state index contributed by atoms with van der Waals surface area (Å²) in [5.41, 5.74) is 1.13. The summed E-state index contributed by atoms with van der Waals surface area (Å²) in [5, 5.41) is 2.86. The standard InChI is InChI=1S/C7H9BN2O/c1-6-2-3-9-7(4-6)10-5-8-11/h2-4H,5H2,1H3,(H,9,10). The summed E-state index contributed by atoms with van der Waals surface area (Å²) in [4.78, 5) is 4.01. The molecule has 0 saturated heterocycles. The van der Waals surface area contributed by atoms with E-state index in [1.54, 1.807) is 6.20 Å². The first kappa shape index (κ1) is 7.92. The third kappa shape index (κ3) is 2.49. The van der Waals surface area contributed by atoms with E-state index in [9.17, 15) is 4.70 Å². The molecule has 0 aliphatic heterocycles. The molecule has 0 aliphatic rings. The van der Waals surface area contributed by atoms with Crippen LogP contribution in [0.3, 0.4) is 0 Å². The van der Waals surface area contributed by atoms with E-state index in [4.69, 9.17) is 0 Å². The number of nitrogens with one attached hydrogen (secondary N) is 1. The first-order valence-corrected chi connectivity index (χ1v) is 3.43. The van der Waals surface area contributed by atoms with Gasteiger partial charge in [-0.2, -0.15) is 0 Å². The van der Waals surface area contributed by atoms with Gasteiger partial charge in [-0.3, -0.25) is 0 Å². The molecule has 0 aliphatic carbocycles. The van der Waals surface area contributed by atoms with Crippen LogP contribution in [-0.2, 0) is 4.70 Å². The van der Waals surface area contributed by atoms with E-state index in [-0.39, 0.29) is 0 Å². The van der Waals surface area contributed by atoms with Gasteiger partial charge in [0.2, 0.25) is 0 Å². The van der Waals surface area contributed by atoms with Gasteiger partial charge in [0.15, 0.2) is 0 Å². The number of pyridine rings is 1. The Morgan fingerprint density at radius 1 is 1.73 bits per heavy atom. The molecule has 4 heteroatoms. The number of aromatic nitrogens is 1. The van der Waals surface area contributed by atoms with Crippen molar-refractivity contribution in [2.45, 2.75) is 6.92 Å². The molecule has 0 fully saturated rings. The molecule has 56 valence electrons. The first-order valence-electron chi connectivity index (χ1n) is 3.43. The van der Waals surface area contributed by atoms with Gasteiger partial charge in [0.05, 0.1) is 0 Å². The molecule has 1 rings (SSSR count). The molecule has 0 atom stereocenters. The predicted octanol–water partition coefficient (Wildman–Crippen LogP) is 0.809. The van der Waals surface area contributed by atoms with Gasteiger partial charge >= 0.3 is 65.2 Å². The van der Waals surface area contributed by atoms with E-state index >= 15 is 0 Å². The summed E-state index contributed by atoms with van der Waals surface area (Å²) < 4.78 is 9.97. The molecule has 0 radical (unpaired) electrons. The van der Waals surface area contributed by atoms with Crippen LogP contribution in [0.1, 0.15) is 5.56 Å². The van der Waals surface area contributed by atoms with Crippen LogP contribution >= 0.6 is 0 Å². The van der Waals surface area contributed by atoms with Gasteiger partial charge in [-0.15, -0.1) is 0 Å². The first-order chi connectivity index (χ1) is 5.33. The maximum absolute atomic E-state index is 9.97. The zero-order valence-corrected chi connectivity index (χ0v) is 6.37. The second-order valence-corrected chi connectivity index (χ2v) is 2.27. The number of aryl methyl sites for hydroxylation is 1. The van der Waals surface area contributed by atoms with Crippen LogP contribution in [0.15, 0.2) is 18.3 Å². The third-order valence-electron chi connectivity index (χ3n) is 1.28. The van der Waals surface area contributed by atoms with Gasteiger partial charge in [-0.25, -0.2) is 0 Å². The van der Waals surface area contributed by atoms with Crippen LogP contribution in [-0.4, -0.2) is 18.6 Å². The molecule has 1 aromatic heterocycles. The molecule has 0 amide bonds. The predicted molar refractivity (Wildman–Crippen MR) is 43.9 cm³/mol. The van der Waals surface area contributed by atoms with Crippen LogP contribution in [0.5, 0.6) is 0 Å². The zero-order valence-electron chi connectivity index (χ0n) is 6.37. The van der Waals surface area contributed by atoms with Crippen molar-refractivity contribution in [3.63, 3.8) is 0 Å². The summed E-state index contributed by atoms with van der Waals surface area (Å²) in [6.07, 6.45) is 2.03. The topological polar surface area (TPSA) is 42.0 Å². The van der Waals surface area contributed by atoms with Crippen molar-refractivity contribution in [3.05, 3.63) is 23.9 Å². The molecule has 3 nitrogen and oxygen atoms in total. The Balaban J connectivity index is 2.63. The molecule has 0 saturated carbocycles. The Morgan fingerprint density at radius 3 is 3.18 bits per heavy atom. The number of rotatable bonds is 3. The van der Waals surface area contributed by atoms with E-state index in [0.29, 0.717) is 6.44 Å². The monoisotopic (exact) mass is 148 g/mol. The molecule has 0 unspecified atom stereocenters. The third-order valence-corrected chi connectivity index (χ3v) is 1.28. The quantitative estimate of drug-likeness (QED) is 0.644. The van der Waals surface area contributed by atoms with Crippen LogP contribution in [0.2, 0.25) is 0 Å². The second-order valence-electron chi connectivity index (χ2n) is 2.27. The molecule has 0 aromatic carbocycles. The van der Waals surface area contributed by atoms with Gasteiger partial charge in [0.25, 0.3) is 0 Å². The van der Waals surface area contributed by atoms with Crippen molar-refractivity contribution in [3.8, 4) is 0 Å². The molecule has 1 heterocycles. The van der Waals surface area contributed by atoms with Crippen molar-refractivity contribution < 1.29 is 4.70 Å². The molecule has 0 bridgehead atoms. The number of nitrogens with zero attached hydrogens (tertiary/aromatic N) is 1. The Bertz CT molecular complexity index is 252. The summed E-state index contributed by atoms with van der Waals surface area (Å²) in [6, 6.07) is 3.80. The average Bonchev–Trinajstić information content (AvgIpc) is 2.01. The van der Waals surface area contributed by atoms with E-state index in [2.05, 4.69) is 10.3 Å². The molecule has 11 heavy (non-hydrogen) atoms. The fourth-order valence-corrected chi connectivity index (χ4v) is 0.779. The summed E-state index contributed by atoms with van der Waals surface area (Å²) in [5.74, 6) is 0.747. The van der Waals surface area contributed by atoms with Crippen molar-refractivity contribution in [2.75, 3.05) is 11.8 Å². The van der Waals surface area contributed by atoms with Crippen LogP contribution < -0.4 is 5.32 Å². The van der Waals surface area contributed by atoms with Gasteiger partial charge < -0.3 is 0 Å². The van der Waals surface area contributed by atoms with E-state index < -0.39 is 0 Å². The second kappa shape index (κ2) is 3.86. The Morgan fingerprint density at radius 2 is 2.55 bits per heavy atom. The van der Waals surface area contributed by atoms with E-state index in [1.807, 2.05) is 19.1 Å². The Labute approximate surface area is 66.1 Å². The molecular weight excluding hydrogens is 139 g/mol. The Kier molecular flexibility index (Phi) is 2.78. The zero-order chi connectivity index (χ0) is 8.10. The van der Waals surface area contributed by atoms with Crippen molar-refractivity contribution in [1.29, 1.82) is 0 Å². The molecule has 1 aromatic rings. The van der Waals surface area contributed by atoms with Crippen LogP contribution in [0.4, 0.5) is 5.82 Å². The summed E-state index contributed by atoms with van der Waals surface area (Å²) in [7, 11) is 0.810. The average molecular weight is 148 g/mol. The number of hydrogen-bond acceptors (Lipinski definition) is 3. The van der Waals surface area contributed by atoms with Gasteiger partial charge in [0.1, 0.15) is 0 Å². The van der Waals surface area contributed by atoms with Gasteiger partial charge in [-0.05, 0) is 0 Å². The molecule has 1 N–H and O–H groups in total. The summed E-state index contributed by atoms with van der Waals surface area (Å²) >= 11 is 0. The van der Waals surface area contributed by atoms with Gasteiger partial charge in [-0.1, -0.05) is 0 Å². The van der Waals surface area contributed by atoms with Crippen molar-refractivity contribution in [2.24, 2.45) is 0 Å². The van der Waals surface area contributed by atoms with Crippen LogP contribution in [0, 0.1) is 6.92 Å². The normalized spacial score (nSPS) is 8.82. The Hall–Kier alpha value is -1.19. The van der Waals surface area contributed by atoms with Crippen LogP contribution in [0.25, 0.3) is 0 Å². The number of anilines is 1. The van der Waals surface area contributed by atoms with Crippen molar-refractivity contribution >= 4 is 13.0 Å². The van der Waals surface area contributed by atoms with E-state index in [0.717, 1.165) is 18.5 Å². The minimum absolute atomic E-state index is 0.316. The fourth-order valence-electron chi connectivity index (χ4n) is 0.779. The van der Waals surface area contributed by atoms with Crippen molar-refractivity contribution in [1.82, 2.24) is 4.98 Å². The molecular formula is C7H9BN2O. The summed E-state index contributed by atoms with van der Waals surface area (Å²) in [6.45, 7) is 1.98.